The van der Waals surface area contributed by atoms with Gasteiger partial charge in [0.2, 0.25) is 5.91 Å². The molecule has 0 unspecified atom stereocenters. The van der Waals surface area contributed by atoms with Gasteiger partial charge in [-0.1, -0.05) is 25.4 Å². The molecule has 1 aromatic carbocycles. The van der Waals surface area contributed by atoms with Crippen LogP contribution in [0, 0.1) is 0 Å². The van der Waals surface area contributed by atoms with Crippen LogP contribution >= 0.6 is 11.6 Å². The molecule has 0 bridgehead atoms. The number of rotatable bonds is 2. The number of hydrogen-bond donors (Lipinski definition) is 0. The number of benzene rings is 1. The van der Waals surface area contributed by atoms with Crippen molar-refractivity contribution in [2.75, 3.05) is 19.7 Å². The number of carbonyl (C=O) groups is 1. The molecule has 0 saturated carbocycles. The van der Waals surface area contributed by atoms with Gasteiger partial charge in [-0.3, -0.25) is 9.69 Å². The molecule has 1 aromatic rings. The molecule has 130 valence electrons. The summed E-state index contributed by atoms with van der Waals surface area (Å²) >= 11 is 6.38. The number of halogens is 1. The van der Waals surface area contributed by atoms with Crippen LogP contribution in [0.2, 0.25) is 5.02 Å². The van der Waals surface area contributed by atoms with Crippen molar-refractivity contribution in [3.05, 3.63) is 28.3 Å². The second-order valence-electron chi connectivity index (χ2n) is 8.05. The van der Waals surface area contributed by atoms with Gasteiger partial charge in [0.25, 0.3) is 0 Å². The smallest absolute Gasteiger partial charge is 0.239 e. The maximum atomic E-state index is 12.6. The summed E-state index contributed by atoms with van der Waals surface area (Å²) in [5.74, 6) is 1.24. The molecule has 4 rings (SSSR count). The summed E-state index contributed by atoms with van der Waals surface area (Å²) in [5.41, 5.74) is 2.28. The molecule has 4 nitrogen and oxygen atoms in total. The van der Waals surface area contributed by atoms with Gasteiger partial charge in [0.05, 0.1) is 12.6 Å². The second kappa shape index (κ2) is 5.63. The van der Waals surface area contributed by atoms with Crippen molar-refractivity contribution in [3.8, 4) is 5.75 Å². The minimum absolute atomic E-state index is 0.0133. The van der Waals surface area contributed by atoms with Crippen LogP contribution in [0.5, 0.6) is 5.75 Å². The average molecular weight is 349 g/mol. The van der Waals surface area contributed by atoms with Crippen LogP contribution in [0.25, 0.3) is 0 Å². The van der Waals surface area contributed by atoms with Crippen LogP contribution in [-0.2, 0) is 16.8 Å². The van der Waals surface area contributed by atoms with E-state index in [-0.39, 0.29) is 17.4 Å². The molecule has 0 spiro atoms. The normalized spacial score (nSPS) is 28.7. The molecule has 2 saturated heterocycles. The Balaban J connectivity index is 1.63. The zero-order chi connectivity index (χ0) is 17.1. The van der Waals surface area contributed by atoms with E-state index in [2.05, 4.69) is 23.6 Å². The molecule has 0 aromatic heterocycles. The largest absolute Gasteiger partial charge is 0.492 e. The summed E-state index contributed by atoms with van der Waals surface area (Å²) in [6, 6.07) is 4.32. The minimum atomic E-state index is -0.0802. The summed E-state index contributed by atoms with van der Waals surface area (Å²) in [7, 11) is 0. The highest BCUT2D eigenvalue weighted by atomic mass is 35.5. The molecular formula is C19H25ClN2O2. The molecule has 0 N–H and O–H groups in total. The number of amides is 1. The van der Waals surface area contributed by atoms with Gasteiger partial charge in [0, 0.05) is 47.2 Å². The predicted molar refractivity (Wildman–Crippen MR) is 94.6 cm³/mol. The van der Waals surface area contributed by atoms with Crippen molar-refractivity contribution in [3.63, 3.8) is 0 Å². The number of hydrogen-bond acceptors (Lipinski definition) is 3. The lowest BCUT2D eigenvalue weighted by Crippen LogP contribution is -2.58. The van der Waals surface area contributed by atoms with Crippen molar-refractivity contribution < 1.29 is 9.53 Å². The fourth-order valence-corrected chi connectivity index (χ4v) is 4.57. The lowest BCUT2D eigenvalue weighted by Gasteiger charge is -2.41. The Morgan fingerprint density at radius 2 is 2.17 bits per heavy atom. The van der Waals surface area contributed by atoms with Crippen LogP contribution < -0.4 is 4.74 Å². The average Bonchev–Trinajstić information content (AvgIpc) is 3.10. The highest BCUT2D eigenvalue weighted by Gasteiger charge is 2.41. The Bertz CT molecular complexity index is 688. The predicted octanol–water partition coefficient (Wildman–Crippen LogP) is 3.21. The lowest BCUT2D eigenvalue weighted by molar-refractivity contribution is -0.143. The first-order valence-electron chi connectivity index (χ1n) is 8.87. The third kappa shape index (κ3) is 2.51. The summed E-state index contributed by atoms with van der Waals surface area (Å²) in [6.45, 7) is 9.65. The zero-order valence-electron chi connectivity index (χ0n) is 14.6. The van der Waals surface area contributed by atoms with Gasteiger partial charge in [-0.25, -0.2) is 0 Å². The summed E-state index contributed by atoms with van der Waals surface area (Å²) in [4.78, 5) is 17.0. The Morgan fingerprint density at radius 1 is 1.38 bits per heavy atom. The third-order valence-electron chi connectivity index (χ3n) is 5.82. The fourth-order valence-electron chi connectivity index (χ4n) is 4.33. The summed E-state index contributed by atoms with van der Waals surface area (Å²) < 4.78 is 6.01. The molecule has 2 fully saturated rings. The van der Waals surface area contributed by atoms with Gasteiger partial charge >= 0.3 is 0 Å². The Kier molecular flexibility index (Phi) is 3.81. The molecule has 3 aliphatic rings. The summed E-state index contributed by atoms with van der Waals surface area (Å²) in [6.07, 6.45) is 2.24. The van der Waals surface area contributed by atoms with E-state index in [1.54, 1.807) is 0 Å². The first-order valence-corrected chi connectivity index (χ1v) is 9.25. The van der Waals surface area contributed by atoms with Crippen LogP contribution in [0.1, 0.15) is 44.7 Å². The van der Waals surface area contributed by atoms with E-state index in [1.165, 1.54) is 5.56 Å². The molecule has 2 atom stereocenters. The van der Waals surface area contributed by atoms with Crippen molar-refractivity contribution in [1.29, 1.82) is 0 Å². The van der Waals surface area contributed by atoms with Crippen molar-refractivity contribution >= 4 is 17.5 Å². The Hall–Kier alpha value is -1.26. The van der Waals surface area contributed by atoms with Crippen LogP contribution in [0.3, 0.4) is 0 Å². The number of carbonyl (C=O) groups excluding carboxylic acids is 1. The monoisotopic (exact) mass is 348 g/mol. The molecule has 5 heteroatoms. The van der Waals surface area contributed by atoms with Gasteiger partial charge < -0.3 is 9.64 Å². The topological polar surface area (TPSA) is 32.8 Å². The lowest BCUT2D eigenvalue weighted by atomic mass is 9.86. The zero-order valence-corrected chi connectivity index (χ0v) is 15.4. The van der Waals surface area contributed by atoms with Crippen molar-refractivity contribution in [2.24, 2.45) is 0 Å². The van der Waals surface area contributed by atoms with E-state index >= 15 is 0 Å². The molecule has 0 aliphatic carbocycles. The minimum Gasteiger partial charge on any atom is -0.492 e. The molecule has 24 heavy (non-hydrogen) atoms. The Labute approximate surface area is 148 Å². The van der Waals surface area contributed by atoms with Gasteiger partial charge in [-0.2, -0.15) is 0 Å². The fraction of sp³-hybridized carbons (Fsp3) is 0.632. The van der Waals surface area contributed by atoms with Crippen LogP contribution in [-0.4, -0.2) is 47.5 Å². The maximum absolute atomic E-state index is 12.6. The van der Waals surface area contributed by atoms with E-state index in [9.17, 15) is 4.79 Å². The number of nitrogens with zero attached hydrogens (tertiary/aromatic N) is 2. The van der Waals surface area contributed by atoms with E-state index in [1.807, 2.05) is 19.1 Å². The summed E-state index contributed by atoms with van der Waals surface area (Å²) in [5, 5.41) is 0.751. The van der Waals surface area contributed by atoms with Crippen molar-refractivity contribution in [2.45, 2.75) is 57.7 Å². The molecular weight excluding hydrogens is 324 g/mol. The standard InChI is InChI=1S/C19H25ClN2O2/c1-12-18(23)22-6-4-5-15(22)10-21(12)9-13-7-14(20)8-16-17(13)24-11-19(16,2)3/h7-8,12,15H,4-6,9-11H2,1-3H3/t12-,15+/m1/s1. The molecule has 0 radical (unpaired) electrons. The SMILES string of the molecule is C[C@@H]1C(=O)N2CCC[C@H]2CN1Cc1cc(Cl)cc2c1OCC2(C)C. The molecule has 1 amide bonds. The van der Waals surface area contributed by atoms with E-state index in [0.29, 0.717) is 12.6 Å². The van der Waals surface area contributed by atoms with Gasteiger partial charge in [0.15, 0.2) is 0 Å². The van der Waals surface area contributed by atoms with E-state index in [0.717, 1.165) is 48.8 Å². The Morgan fingerprint density at radius 3 is 2.96 bits per heavy atom. The number of piperazine rings is 1. The quantitative estimate of drug-likeness (QED) is 0.822. The second-order valence-corrected chi connectivity index (χ2v) is 8.48. The highest BCUT2D eigenvalue weighted by Crippen LogP contribution is 2.43. The van der Waals surface area contributed by atoms with Crippen LogP contribution in [0.4, 0.5) is 0 Å². The van der Waals surface area contributed by atoms with Gasteiger partial charge in [-0.05, 0) is 31.9 Å². The first kappa shape index (κ1) is 16.2. The van der Waals surface area contributed by atoms with E-state index < -0.39 is 0 Å². The number of fused-ring (bicyclic) bond motifs is 2. The molecule has 3 aliphatic heterocycles. The van der Waals surface area contributed by atoms with Crippen molar-refractivity contribution in [1.82, 2.24) is 9.80 Å². The van der Waals surface area contributed by atoms with E-state index in [4.69, 9.17) is 16.3 Å². The number of ether oxygens (including phenoxy) is 1. The van der Waals surface area contributed by atoms with Gasteiger partial charge in [0.1, 0.15) is 5.75 Å². The molecule has 3 heterocycles. The first-order chi connectivity index (χ1) is 11.4. The van der Waals surface area contributed by atoms with Gasteiger partial charge in [-0.15, -0.1) is 0 Å². The highest BCUT2D eigenvalue weighted by molar-refractivity contribution is 6.30. The third-order valence-corrected chi connectivity index (χ3v) is 6.04. The van der Waals surface area contributed by atoms with Crippen LogP contribution in [0.15, 0.2) is 12.1 Å². The maximum Gasteiger partial charge on any atom is 0.239 e.